The number of ether oxygens (including phenoxy) is 1. The Labute approximate surface area is 196 Å². The number of nitrogens with zero attached hydrogens (tertiary/aromatic N) is 1. The van der Waals surface area contributed by atoms with Crippen LogP contribution >= 0.6 is 0 Å². The van der Waals surface area contributed by atoms with Crippen molar-refractivity contribution in [1.29, 1.82) is 0 Å². The third-order valence-corrected chi connectivity index (χ3v) is 6.27. The van der Waals surface area contributed by atoms with Crippen molar-refractivity contribution in [3.8, 4) is 5.75 Å². The van der Waals surface area contributed by atoms with E-state index < -0.39 is 17.7 Å². The van der Waals surface area contributed by atoms with Crippen molar-refractivity contribution in [2.24, 2.45) is 0 Å². The molecule has 3 heterocycles. The maximum Gasteiger partial charge on any atom is 0.295 e. The van der Waals surface area contributed by atoms with Gasteiger partial charge in [0.1, 0.15) is 23.3 Å². The van der Waals surface area contributed by atoms with E-state index in [4.69, 9.17) is 9.15 Å². The average Bonchev–Trinajstić information content (AvgIpc) is 3.57. The summed E-state index contributed by atoms with van der Waals surface area (Å²) in [6.07, 6.45) is 3.89. The number of furan rings is 1. The molecule has 5 rings (SSSR count). The Morgan fingerprint density at radius 1 is 1.15 bits per heavy atom. The monoisotopic (exact) mass is 456 g/mol. The number of aryl methyl sites for hydroxylation is 1. The van der Waals surface area contributed by atoms with Gasteiger partial charge in [-0.15, -0.1) is 0 Å². The highest BCUT2D eigenvalue weighted by Gasteiger charge is 2.47. The van der Waals surface area contributed by atoms with Crippen LogP contribution in [0.15, 0.2) is 77.0 Å². The lowest BCUT2D eigenvalue weighted by molar-refractivity contribution is -0.140. The topological polar surface area (TPSA) is 95.8 Å². The normalized spacial score (nSPS) is 17.6. The molecule has 1 fully saturated rings. The van der Waals surface area contributed by atoms with Crippen molar-refractivity contribution in [3.63, 3.8) is 0 Å². The number of methoxy groups -OCH3 is 1. The number of aromatic nitrogens is 1. The summed E-state index contributed by atoms with van der Waals surface area (Å²) in [4.78, 5) is 30.9. The molecule has 1 aliphatic heterocycles. The van der Waals surface area contributed by atoms with Crippen molar-refractivity contribution in [1.82, 2.24) is 9.88 Å². The molecule has 34 heavy (non-hydrogen) atoms. The number of carbonyl (C=O) groups is 2. The number of rotatable bonds is 6. The van der Waals surface area contributed by atoms with Gasteiger partial charge in [-0.3, -0.25) is 9.59 Å². The van der Waals surface area contributed by atoms with Crippen LogP contribution in [0.25, 0.3) is 16.7 Å². The van der Waals surface area contributed by atoms with Crippen LogP contribution in [0.5, 0.6) is 5.75 Å². The molecule has 1 aliphatic rings. The van der Waals surface area contributed by atoms with E-state index in [0.717, 1.165) is 27.8 Å². The Morgan fingerprint density at radius 2 is 1.94 bits per heavy atom. The summed E-state index contributed by atoms with van der Waals surface area (Å²) in [7, 11) is 1.62. The summed E-state index contributed by atoms with van der Waals surface area (Å²) in [5.41, 5.74) is 3.48. The van der Waals surface area contributed by atoms with Crippen molar-refractivity contribution in [2.75, 3.05) is 13.7 Å². The van der Waals surface area contributed by atoms with Crippen molar-refractivity contribution >= 4 is 28.4 Å². The van der Waals surface area contributed by atoms with Crippen molar-refractivity contribution in [2.45, 2.75) is 19.4 Å². The van der Waals surface area contributed by atoms with Gasteiger partial charge in [-0.25, -0.2) is 0 Å². The Balaban J connectivity index is 1.52. The van der Waals surface area contributed by atoms with E-state index >= 15 is 0 Å². The number of fused-ring (bicyclic) bond motifs is 1. The fourth-order valence-corrected chi connectivity index (χ4v) is 4.45. The number of hydrogen-bond donors (Lipinski definition) is 2. The first-order valence-corrected chi connectivity index (χ1v) is 11.0. The fraction of sp³-hybridized carbons (Fsp3) is 0.185. The molecule has 7 nitrogen and oxygen atoms in total. The van der Waals surface area contributed by atoms with E-state index in [1.165, 1.54) is 11.2 Å². The molecule has 0 bridgehead atoms. The molecule has 0 aliphatic carbocycles. The number of aliphatic hydroxyl groups is 1. The largest absolute Gasteiger partial charge is 0.507 e. The number of hydrogen-bond acceptors (Lipinski definition) is 5. The Bertz CT molecular complexity index is 1400. The highest BCUT2D eigenvalue weighted by molar-refractivity contribution is 6.46. The first-order valence-electron chi connectivity index (χ1n) is 11.0. The van der Waals surface area contributed by atoms with E-state index in [0.29, 0.717) is 17.7 Å². The molecule has 0 spiro atoms. The highest BCUT2D eigenvalue weighted by Crippen LogP contribution is 2.39. The molecule has 0 saturated carbocycles. The Morgan fingerprint density at radius 3 is 2.65 bits per heavy atom. The SMILES string of the molecule is COc1ccc2[nH]cc(CCN3C(=O)C(=O)/C(=C(\O)c4ccc(C)cc4)C3c3ccco3)c2c1. The van der Waals surface area contributed by atoms with Gasteiger partial charge in [0, 0.05) is 29.2 Å². The minimum Gasteiger partial charge on any atom is -0.507 e. The van der Waals surface area contributed by atoms with E-state index in [2.05, 4.69) is 4.98 Å². The number of aromatic amines is 1. The van der Waals surface area contributed by atoms with Crippen LogP contribution in [-0.2, 0) is 16.0 Å². The predicted octanol–water partition coefficient (Wildman–Crippen LogP) is 4.74. The average molecular weight is 456 g/mol. The second kappa shape index (κ2) is 8.59. The lowest BCUT2D eigenvalue weighted by Crippen LogP contribution is -2.31. The summed E-state index contributed by atoms with van der Waals surface area (Å²) >= 11 is 0. The number of nitrogens with one attached hydrogen (secondary N) is 1. The number of likely N-dealkylation sites (tertiary alicyclic amines) is 1. The minimum absolute atomic E-state index is 0.0319. The zero-order valence-electron chi connectivity index (χ0n) is 18.9. The summed E-state index contributed by atoms with van der Waals surface area (Å²) < 4.78 is 10.9. The molecule has 2 aromatic carbocycles. The number of carbonyl (C=O) groups excluding carboxylic acids is 2. The Kier molecular flexibility index (Phi) is 5.45. The zero-order valence-corrected chi connectivity index (χ0v) is 18.9. The van der Waals surface area contributed by atoms with Crippen LogP contribution < -0.4 is 4.74 Å². The van der Waals surface area contributed by atoms with Gasteiger partial charge >= 0.3 is 0 Å². The van der Waals surface area contributed by atoms with Gasteiger partial charge in [0.25, 0.3) is 11.7 Å². The number of ketones is 1. The maximum atomic E-state index is 13.1. The summed E-state index contributed by atoms with van der Waals surface area (Å²) in [6.45, 7) is 2.21. The molecule has 1 saturated heterocycles. The molecule has 172 valence electrons. The first-order chi connectivity index (χ1) is 16.5. The van der Waals surface area contributed by atoms with E-state index in [-0.39, 0.29) is 17.9 Å². The zero-order chi connectivity index (χ0) is 23.8. The predicted molar refractivity (Wildman–Crippen MR) is 127 cm³/mol. The lowest BCUT2D eigenvalue weighted by atomic mass is 9.98. The van der Waals surface area contributed by atoms with E-state index in [1.807, 2.05) is 43.5 Å². The molecule has 1 atom stereocenters. The third-order valence-electron chi connectivity index (χ3n) is 6.27. The number of H-pyrrole nitrogens is 1. The van der Waals surface area contributed by atoms with Crippen LogP contribution in [0.3, 0.4) is 0 Å². The van der Waals surface area contributed by atoms with Crippen LogP contribution in [-0.4, -0.2) is 40.3 Å². The quantitative estimate of drug-likeness (QED) is 0.248. The second-order valence-electron chi connectivity index (χ2n) is 8.35. The van der Waals surface area contributed by atoms with Crippen LogP contribution in [0.1, 0.15) is 28.5 Å². The maximum absolute atomic E-state index is 13.1. The van der Waals surface area contributed by atoms with Crippen LogP contribution in [0.4, 0.5) is 0 Å². The molecule has 0 radical (unpaired) electrons. The van der Waals surface area contributed by atoms with Gasteiger partial charge in [0.05, 0.1) is 18.9 Å². The number of amides is 1. The second-order valence-corrected chi connectivity index (χ2v) is 8.35. The van der Waals surface area contributed by atoms with Gasteiger partial charge in [0.2, 0.25) is 0 Å². The van der Waals surface area contributed by atoms with Gasteiger partial charge in [-0.1, -0.05) is 29.8 Å². The number of aliphatic hydroxyl groups excluding tert-OH is 1. The van der Waals surface area contributed by atoms with Crippen LogP contribution in [0, 0.1) is 6.92 Å². The molecule has 2 aromatic heterocycles. The Hall–Kier alpha value is -4.26. The molecule has 4 aromatic rings. The molecule has 1 amide bonds. The third kappa shape index (κ3) is 3.65. The van der Waals surface area contributed by atoms with Gasteiger partial charge < -0.3 is 24.1 Å². The standard InChI is InChI=1S/C27H24N2O5/c1-16-5-7-17(8-6-16)25(30)23-24(22-4-3-13-34-22)29(27(32)26(23)31)12-11-18-15-28-21-10-9-19(33-2)14-20(18)21/h3-10,13-15,24,28,30H,11-12H2,1-2H3/b25-23-. The molecule has 2 N–H and O–H groups in total. The van der Waals surface area contributed by atoms with Gasteiger partial charge in [0.15, 0.2) is 0 Å². The number of benzene rings is 2. The van der Waals surface area contributed by atoms with E-state index in [9.17, 15) is 14.7 Å². The molecule has 1 unspecified atom stereocenters. The van der Waals surface area contributed by atoms with Gasteiger partial charge in [-0.2, -0.15) is 0 Å². The van der Waals surface area contributed by atoms with Crippen molar-refractivity contribution in [3.05, 3.63) is 95.1 Å². The smallest absolute Gasteiger partial charge is 0.295 e. The molecular weight excluding hydrogens is 432 g/mol. The van der Waals surface area contributed by atoms with Crippen molar-refractivity contribution < 1.29 is 23.8 Å². The summed E-state index contributed by atoms with van der Waals surface area (Å²) in [5, 5.41) is 12.0. The highest BCUT2D eigenvalue weighted by atomic mass is 16.5. The summed E-state index contributed by atoms with van der Waals surface area (Å²) in [6, 6.07) is 15.5. The fourth-order valence-electron chi connectivity index (χ4n) is 4.45. The molecule has 7 heteroatoms. The summed E-state index contributed by atoms with van der Waals surface area (Å²) in [5.74, 6) is -0.428. The molecular formula is C27H24N2O5. The lowest BCUT2D eigenvalue weighted by Gasteiger charge is -2.23. The number of Topliss-reactive ketones (excluding diaryl/α,β-unsaturated/α-hetero) is 1. The first kappa shape index (κ1) is 21.6. The minimum atomic E-state index is -0.809. The van der Waals surface area contributed by atoms with E-state index in [1.54, 1.807) is 31.4 Å². The van der Waals surface area contributed by atoms with Gasteiger partial charge in [-0.05, 0) is 49.2 Å². The van der Waals surface area contributed by atoms with Crippen LogP contribution in [0.2, 0.25) is 0 Å².